The summed E-state index contributed by atoms with van der Waals surface area (Å²) in [6.45, 7) is 12.5. The van der Waals surface area contributed by atoms with Gasteiger partial charge in [0.15, 0.2) is 0 Å². The zero-order chi connectivity index (χ0) is 19.4. The zero-order valence-corrected chi connectivity index (χ0v) is 18.7. The van der Waals surface area contributed by atoms with Gasteiger partial charge in [-0.1, -0.05) is 65.0 Å². The molecule has 0 heterocycles. The van der Waals surface area contributed by atoms with Gasteiger partial charge in [0, 0.05) is 0 Å². The molecule has 0 aromatic heterocycles. The van der Waals surface area contributed by atoms with Crippen LogP contribution in [0.15, 0.2) is 11.1 Å². The van der Waals surface area contributed by atoms with Gasteiger partial charge in [-0.3, -0.25) is 0 Å². The molecule has 0 amide bonds. The number of allylic oxidation sites excluding steroid dienone is 2. The molecule has 0 aromatic carbocycles. The molecule has 0 aliphatic heterocycles. The van der Waals surface area contributed by atoms with Crippen LogP contribution in [-0.2, 0) is 0 Å². The molecule has 4 aliphatic carbocycles. The van der Waals surface area contributed by atoms with Gasteiger partial charge >= 0.3 is 0 Å². The summed E-state index contributed by atoms with van der Waals surface area (Å²) in [5.41, 5.74) is 4.74. The van der Waals surface area contributed by atoms with E-state index in [2.05, 4.69) is 34.6 Å². The minimum absolute atomic E-state index is 0.0608. The molecule has 1 N–H and O–H groups in total. The number of fused-ring (bicyclic) bond motifs is 4. The van der Waals surface area contributed by atoms with E-state index in [0.717, 1.165) is 24.2 Å². The summed E-state index contributed by atoms with van der Waals surface area (Å²) in [5.74, 6) is 3.91. The lowest BCUT2D eigenvalue weighted by atomic mass is 9.49. The fraction of sp³-hybridized carbons (Fsp3) is 0.923. The molecule has 27 heavy (non-hydrogen) atoms. The predicted molar refractivity (Wildman–Crippen MR) is 115 cm³/mol. The Morgan fingerprint density at radius 1 is 1.07 bits per heavy atom. The van der Waals surface area contributed by atoms with Gasteiger partial charge < -0.3 is 5.11 Å². The van der Waals surface area contributed by atoms with Crippen molar-refractivity contribution in [1.29, 1.82) is 0 Å². The highest BCUT2D eigenvalue weighted by molar-refractivity contribution is 5.34. The van der Waals surface area contributed by atoms with Gasteiger partial charge in [-0.25, -0.2) is 0 Å². The Morgan fingerprint density at radius 2 is 1.85 bits per heavy atom. The van der Waals surface area contributed by atoms with Gasteiger partial charge in [0.05, 0.1) is 6.10 Å². The van der Waals surface area contributed by atoms with Crippen LogP contribution in [0.3, 0.4) is 0 Å². The average molecular weight is 373 g/mol. The molecule has 1 nitrogen and oxygen atoms in total. The van der Waals surface area contributed by atoms with Crippen molar-refractivity contribution in [2.24, 2.45) is 40.4 Å². The molecule has 8 atom stereocenters. The van der Waals surface area contributed by atoms with E-state index < -0.39 is 0 Å². The number of aliphatic hydroxyl groups excluding tert-OH is 1. The van der Waals surface area contributed by atoms with Crippen molar-refractivity contribution in [2.45, 2.75) is 111 Å². The van der Waals surface area contributed by atoms with E-state index >= 15 is 0 Å². The molecule has 8 unspecified atom stereocenters. The van der Waals surface area contributed by atoms with E-state index in [-0.39, 0.29) is 6.10 Å². The van der Waals surface area contributed by atoms with E-state index in [1.807, 2.05) is 11.1 Å². The Labute approximate surface area is 168 Å². The second-order valence-electron chi connectivity index (χ2n) is 11.4. The standard InChI is InChI=1S/C26H44O/c1-6-7-8-17(2)20-11-12-22-19-9-10-21-18(3)24(27)14-16-26(21,5)23(19)13-15-25(20,22)4/h17-18,20-22,24,27H,6-16H2,1-5H3. The van der Waals surface area contributed by atoms with Crippen LogP contribution in [0.2, 0.25) is 0 Å². The largest absolute Gasteiger partial charge is 0.393 e. The SMILES string of the molecule is CCCCC(C)C1CCC2C3=C(CCC21C)C1(C)CCC(O)C(C)C1CC3. The number of rotatable bonds is 4. The topological polar surface area (TPSA) is 20.2 Å². The Balaban J connectivity index is 1.62. The first kappa shape index (κ1) is 20.0. The quantitative estimate of drug-likeness (QED) is 0.520. The molecule has 0 radical (unpaired) electrons. The van der Waals surface area contributed by atoms with Gasteiger partial charge in [-0.05, 0) is 91.8 Å². The van der Waals surface area contributed by atoms with E-state index in [1.54, 1.807) is 0 Å². The molecule has 0 spiro atoms. The van der Waals surface area contributed by atoms with Gasteiger partial charge in [0.25, 0.3) is 0 Å². The second-order valence-corrected chi connectivity index (χ2v) is 11.4. The Hall–Kier alpha value is -0.300. The zero-order valence-electron chi connectivity index (χ0n) is 18.7. The summed E-state index contributed by atoms with van der Waals surface area (Å²) in [6, 6.07) is 0. The first-order valence-corrected chi connectivity index (χ1v) is 12.2. The Morgan fingerprint density at radius 3 is 2.59 bits per heavy atom. The molecule has 2 fully saturated rings. The van der Waals surface area contributed by atoms with Crippen molar-refractivity contribution in [3.8, 4) is 0 Å². The van der Waals surface area contributed by atoms with Crippen LogP contribution in [0.4, 0.5) is 0 Å². The van der Waals surface area contributed by atoms with Crippen molar-refractivity contribution < 1.29 is 5.11 Å². The molecule has 4 aliphatic rings. The van der Waals surface area contributed by atoms with Crippen LogP contribution in [0.1, 0.15) is 105 Å². The van der Waals surface area contributed by atoms with E-state index in [0.29, 0.717) is 22.7 Å². The van der Waals surface area contributed by atoms with Crippen LogP contribution in [0, 0.1) is 40.4 Å². The number of unbranched alkanes of at least 4 members (excludes halogenated alkanes) is 1. The van der Waals surface area contributed by atoms with Crippen molar-refractivity contribution in [2.75, 3.05) is 0 Å². The summed E-state index contributed by atoms with van der Waals surface area (Å²) in [6.07, 6.45) is 14.7. The number of hydrogen-bond donors (Lipinski definition) is 1. The van der Waals surface area contributed by atoms with Gasteiger partial charge in [-0.2, -0.15) is 0 Å². The third kappa shape index (κ3) is 2.97. The van der Waals surface area contributed by atoms with Crippen molar-refractivity contribution in [1.82, 2.24) is 0 Å². The lowest BCUT2D eigenvalue weighted by Gasteiger charge is -2.56. The lowest BCUT2D eigenvalue weighted by molar-refractivity contribution is -0.0336. The van der Waals surface area contributed by atoms with E-state index in [9.17, 15) is 5.11 Å². The molecule has 4 rings (SSSR count). The highest BCUT2D eigenvalue weighted by Gasteiger charge is 2.56. The fourth-order valence-corrected chi connectivity index (χ4v) is 8.61. The predicted octanol–water partition coefficient (Wildman–Crippen LogP) is 7.14. The lowest BCUT2D eigenvalue weighted by Crippen LogP contribution is -2.49. The first-order valence-electron chi connectivity index (χ1n) is 12.2. The van der Waals surface area contributed by atoms with Crippen LogP contribution >= 0.6 is 0 Å². The number of aliphatic hydroxyl groups is 1. The highest BCUT2D eigenvalue weighted by Crippen LogP contribution is 2.66. The monoisotopic (exact) mass is 372 g/mol. The fourth-order valence-electron chi connectivity index (χ4n) is 8.61. The van der Waals surface area contributed by atoms with Gasteiger partial charge in [-0.15, -0.1) is 0 Å². The molecular weight excluding hydrogens is 328 g/mol. The van der Waals surface area contributed by atoms with E-state index in [1.165, 1.54) is 64.2 Å². The normalized spacial score (nSPS) is 48.0. The minimum Gasteiger partial charge on any atom is -0.393 e. The number of hydrogen-bond acceptors (Lipinski definition) is 1. The van der Waals surface area contributed by atoms with Gasteiger partial charge in [0.1, 0.15) is 0 Å². The maximum absolute atomic E-state index is 10.5. The molecule has 2 saturated carbocycles. The first-order chi connectivity index (χ1) is 12.8. The van der Waals surface area contributed by atoms with Crippen molar-refractivity contribution in [3.05, 3.63) is 11.1 Å². The second kappa shape index (κ2) is 7.19. The van der Waals surface area contributed by atoms with Crippen LogP contribution in [-0.4, -0.2) is 11.2 Å². The Kier molecular flexibility index (Phi) is 5.32. The van der Waals surface area contributed by atoms with Crippen LogP contribution in [0.5, 0.6) is 0 Å². The van der Waals surface area contributed by atoms with Crippen molar-refractivity contribution >= 4 is 0 Å². The maximum atomic E-state index is 10.5. The van der Waals surface area contributed by atoms with Crippen LogP contribution in [0.25, 0.3) is 0 Å². The third-order valence-corrected chi connectivity index (χ3v) is 10.3. The van der Waals surface area contributed by atoms with Crippen LogP contribution < -0.4 is 0 Å². The molecular formula is C26H44O. The Bertz CT molecular complexity index is 591. The summed E-state index contributed by atoms with van der Waals surface area (Å²) >= 11 is 0. The maximum Gasteiger partial charge on any atom is 0.0569 e. The summed E-state index contributed by atoms with van der Waals surface area (Å²) in [4.78, 5) is 0. The smallest absolute Gasteiger partial charge is 0.0569 e. The summed E-state index contributed by atoms with van der Waals surface area (Å²) < 4.78 is 0. The molecule has 0 bridgehead atoms. The summed E-state index contributed by atoms with van der Waals surface area (Å²) in [7, 11) is 0. The van der Waals surface area contributed by atoms with Gasteiger partial charge in [0.2, 0.25) is 0 Å². The minimum atomic E-state index is -0.0608. The average Bonchev–Trinajstić information content (AvgIpc) is 3.00. The molecule has 1 heteroatoms. The molecule has 0 aromatic rings. The van der Waals surface area contributed by atoms with E-state index in [4.69, 9.17) is 0 Å². The third-order valence-electron chi connectivity index (χ3n) is 10.3. The molecule has 154 valence electrons. The summed E-state index contributed by atoms with van der Waals surface area (Å²) in [5, 5.41) is 10.5. The van der Waals surface area contributed by atoms with Crippen molar-refractivity contribution in [3.63, 3.8) is 0 Å². The highest BCUT2D eigenvalue weighted by atomic mass is 16.3. The molecule has 0 saturated heterocycles.